The molecular formula is C13H14BrNO6. The van der Waals surface area contributed by atoms with Gasteiger partial charge in [-0.15, -0.1) is 0 Å². The highest BCUT2D eigenvalue weighted by Gasteiger charge is 2.11. The van der Waals surface area contributed by atoms with E-state index in [-0.39, 0.29) is 13.2 Å². The number of esters is 2. The Kier molecular flexibility index (Phi) is 6.67. The number of hydrogen-bond acceptors (Lipinski definition) is 6. The van der Waals surface area contributed by atoms with Crippen LogP contribution in [0.25, 0.3) is 0 Å². The molecule has 1 amide bonds. The summed E-state index contributed by atoms with van der Waals surface area (Å²) in [4.78, 5) is 33.6. The summed E-state index contributed by atoms with van der Waals surface area (Å²) in [5, 5.41) is 2.33. The smallest absolute Gasteiger partial charge is 0.337 e. The van der Waals surface area contributed by atoms with Gasteiger partial charge in [-0.1, -0.05) is 0 Å². The van der Waals surface area contributed by atoms with E-state index in [1.54, 1.807) is 0 Å². The number of ether oxygens (including phenoxy) is 3. The van der Waals surface area contributed by atoms with Crippen molar-refractivity contribution in [2.24, 2.45) is 0 Å². The van der Waals surface area contributed by atoms with Gasteiger partial charge in [-0.05, 0) is 34.1 Å². The molecule has 0 fully saturated rings. The van der Waals surface area contributed by atoms with Crippen molar-refractivity contribution in [3.05, 3.63) is 28.2 Å². The third-order valence-corrected chi connectivity index (χ3v) is 2.99. The largest absolute Gasteiger partial charge is 0.483 e. The highest BCUT2D eigenvalue weighted by molar-refractivity contribution is 9.10. The van der Waals surface area contributed by atoms with Crippen LogP contribution in [0.2, 0.25) is 0 Å². The Bertz CT molecular complexity index is 545. The van der Waals surface area contributed by atoms with Crippen LogP contribution < -0.4 is 10.1 Å². The van der Waals surface area contributed by atoms with Crippen molar-refractivity contribution >= 4 is 33.8 Å². The number of hydrogen-bond donors (Lipinski definition) is 1. The molecule has 8 heteroatoms. The lowest BCUT2D eigenvalue weighted by Gasteiger charge is -2.09. The quantitative estimate of drug-likeness (QED) is 0.759. The van der Waals surface area contributed by atoms with Crippen LogP contribution in [-0.2, 0) is 19.1 Å². The molecule has 0 radical (unpaired) electrons. The molecule has 1 aromatic carbocycles. The first-order valence-electron chi connectivity index (χ1n) is 5.82. The van der Waals surface area contributed by atoms with Crippen LogP contribution in [0.15, 0.2) is 22.7 Å². The van der Waals surface area contributed by atoms with Crippen molar-refractivity contribution < 1.29 is 28.6 Å². The first-order chi connectivity index (χ1) is 9.97. The summed E-state index contributed by atoms with van der Waals surface area (Å²) in [5.74, 6) is -1.11. The lowest BCUT2D eigenvalue weighted by Crippen LogP contribution is -2.33. The van der Waals surface area contributed by atoms with Crippen molar-refractivity contribution in [1.82, 2.24) is 5.32 Å². The number of methoxy groups -OCH3 is 2. The Morgan fingerprint density at radius 1 is 1.19 bits per heavy atom. The molecular weight excluding hydrogens is 346 g/mol. The van der Waals surface area contributed by atoms with Crippen molar-refractivity contribution in [1.29, 1.82) is 0 Å². The second-order valence-corrected chi connectivity index (χ2v) is 4.63. The van der Waals surface area contributed by atoms with E-state index < -0.39 is 17.8 Å². The van der Waals surface area contributed by atoms with Crippen LogP contribution in [0.3, 0.4) is 0 Å². The van der Waals surface area contributed by atoms with Gasteiger partial charge >= 0.3 is 11.9 Å². The van der Waals surface area contributed by atoms with Gasteiger partial charge in [0.25, 0.3) is 5.91 Å². The van der Waals surface area contributed by atoms with E-state index in [9.17, 15) is 14.4 Å². The maximum Gasteiger partial charge on any atom is 0.337 e. The lowest BCUT2D eigenvalue weighted by atomic mass is 10.2. The fourth-order valence-corrected chi connectivity index (χ4v) is 1.79. The third-order valence-electron chi connectivity index (χ3n) is 2.37. The van der Waals surface area contributed by atoms with Crippen LogP contribution in [0.5, 0.6) is 5.75 Å². The minimum Gasteiger partial charge on any atom is -0.483 e. The van der Waals surface area contributed by atoms with E-state index >= 15 is 0 Å². The van der Waals surface area contributed by atoms with Gasteiger partial charge in [-0.2, -0.15) is 0 Å². The van der Waals surface area contributed by atoms with Gasteiger partial charge in [0, 0.05) is 0 Å². The van der Waals surface area contributed by atoms with Crippen molar-refractivity contribution in [3.8, 4) is 5.75 Å². The monoisotopic (exact) mass is 359 g/mol. The molecule has 0 bridgehead atoms. The zero-order chi connectivity index (χ0) is 15.8. The normalized spacial score (nSPS) is 9.67. The molecule has 1 N–H and O–H groups in total. The number of amides is 1. The van der Waals surface area contributed by atoms with Crippen LogP contribution in [0.4, 0.5) is 0 Å². The molecule has 0 aliphatic heterocycles. The second kappa shape index (κ2) is 8.25. The molecule has 0 aliphatic rings. The fraction of sp³-hybridized carbons (Fsp3) is 0.308. The van der Waals surface area contributed by atoms with E-state index in [0.29, 0.717) is 15.8 Å². The summed E-state index contributed by atoms with van der Waals surface area (Å²) < 4.78 is 14.7. The van der Waals surface area contributed by atoms with Gasteiger partial charge in [-0.25, -0.2) is 4.79 Å². The Morgan fingerprint density at radius 2 is 1.90 bits per heavy atom. The first kappa shape index (κ1) is 17.0. The minimum absolute atomic E-state index is 0.221. The first-order valence-corrected chi connectivity index (χ1v) is 6.61. The number of rotatable bonds is 6. The average Bonchev–Trinajstić information content (AvgIpc) is 2.50. The predicted molar refractivity (Wildman–Crippen MR) is 76.0 cm³/mol. The molecule has 0 saturated heterocycles. The van der Waals surface area contributed by atoms with Crippen LogP contribution in [0, 0.1) is 0 Å². The van der Waals surface area contributed by atoms with Crippen molar-refractivity contribution in [2.75, 3.05) is 27.4 Å². The molecule has 0 unspecified atom stereocenters. The molecule has 0 heterocycles. The molecule has 1 aromatic rings. The molecule has 0 saturated carbocycles. The molecule has 0 aromatic heterocycles. The summed E-state index contributed by atoms with van der Waals surface area (Å²) in [6, 6.07) is 4.57. The number of carbonyl (C=O) groups is 3. The van der Waals surface area contributed by atoms with Gasteiger partial charge in [0.15, 0.2) is 6.61 Å². The molecule has 0 spiro atoms. The SMILES string of the molecule is COC(=O)CNC(=O)COc1ccc(C(=O)OC)cc1Br. The van der Waals surface area contributed by atoms with E-state index in [1.165, 1.54) is 32.4 Å². The van der Waals surface area contributed by atoms with E-state index in [2.05, 4.69) is 30.7 Å². The zero-order valence-electron chi connectivity index (χ0n) is 11.5. The second-order valence-electron chi connectivity index (χ2n) is 3.78. The fourth-order valence-electron chi connectivity index (χ4n) is 1.30. The summed E-state index contributed by atoms with van der Waals surface area (Å²) in [6.07, 6.45) is 0. The lowest BCUT2D eigenvalue weighted by molar-refractivity contribution is -0.141. The van der Waals surface area contributed by atoms with E-state index in [1.807, 2.05) is 0 Å². The molecule has 0 aliphatic carbocycles. The third kappa shape index (κ3) is 5.42. The topological polar surface area (TPSA) is 90.9 Å². The van der Waals surface area contributed by atoms with Crippen molar-refractivity contribution in [3.63, 3.8) is 0 Å². The zero-order valence-corrected chi connectivity index (χ0v) is 13.1. The van der Waals surface area contributed by atoms with E-state index in [4.69, 9.17) is 4.74 Å². The number of halogens is 1. The summed E-state index contributed by atoms with van der Waals surface area (Å²) in [7, 11) is 2.51. The van der Waals surface area contributed by atoms with Gasteiger partial charge < -0.3 is 19.5 Å². The van der Waals surface area contributed by atoms with E-state index in [0.717, 1.165) is 0 Å². The van der Waals surface area contributed by atoms with Crippen LogP contribution >= 0.6 is 15.9 Å². The molecule has 0 atom stereocenters. The Balaban J connectivity index is 2.54. The minimum atomic E-state index is -0.549. The van der Waals surface area contributed by atoms with Gasteiger partial charge in [0.05, 0.1) is 24.3 Å². The summed E-state index contributed by atoms with van der Waals surface area (Å²) in [5.41, 5.74) is 0.354. The Labute approximate surface area is 129 Å². The maximum absolute atomic E-state index is 11.4. The molecule has 7 nitrogen and oxygen atoms in total. The Morgan fingerprint density at radius 3 is 2.48 bits per heavy atom. The standard InChI is InChI=1S/C13H14BrNO6/c1-19-12(17)6-15-11(16)7-21-10-4-3-8(5-9(10)14)13(18)20-2/h3-5H,6-7H2,1-2H3,(H,15,16). The highest BCUT2D eigenvalue weighted by atomic mass is 79.9. The van der Waals surface area contributed by atoms with Crippen LogP contribution in [0.1, 0.15) is 10.4 Å². The predicted octanol–water partition coefficient (Wildman–Crippen LogP) is 0.904. The molecule has 114 valence electrons. The summed E-state index contributed by atoms with van der Waals surface area (Å²) >= 11 is 3.23. The average molecular weight is 360 g/mol. The number of carbonyl (C=O) groups excluding carboxylic acids is 3. The summed E-state index contributed by atoms with van der Waals surface area (Å²) in [6.45, 7) is -0.492. The van der Waals surface area contributed by atoms with Gasteiger partial charge in [-0.3, -0.25) is 9.59 Å². The van der Waals surface area contributed by atoms with Crippen molar-refractivity contribution in [2.45, 2.75) is 0 Å². The van der Waals surface area contributed by atoms with Gasteiger partial charge in [0.2, 0.25) is 0 Å². The number of benzene rings is 1. The highest BCUT2D eigenvalue weighted by Crippen LogP contribution is 2.26. The van der Waals surface area contributed by atoms with Gasteiger partial charge in [0.1, 0.15) is 12.3 Å². The molecule has 1 rings (SSSR count). The van der Waals surface area contributed by atoms with Crippen LogP contribution in [-0.4, -0.2) is 45.2 Å². The maximum atomic E-state index is 11.4. The Hall–Kier alpha value is -2.09. The number of nitrogens with one attached hydrogen (secondary N) is 1. The molecule has 21 heavy (non-hydrogen) atoms.